The summed E-state index contributed by atoms with van der Waals surface area (Å²) in [5.41, 5.74) is 10.3. The minimum atomic E-state index is 0.389. The van der Waals surface area contributed by atoms with Crippen molar-refractivity contribution in [2.75, 3.05) is 25.4 Å². The number of rotatable bonds is 5. The average molecular weight is 365 g/mol. The first-order valence-electron chi connectivity index (χ1n) is 9.70. The van der Waals surface area contributed by atoms with Gasteiger partial charge in [-0.3, -0.25) is 4.90 Å². The van der Waals surface area contributed by atoms with Crippen molar-refractivity contribution >= 4 is 11.5 Å². The molecule has 2 N–H and O–H groups in total. The third-order valence-corrected chi connectivity index (χ3v) is 5.19. The van der Waals surface area contributed by atoms with Gasteiger partial charge in [0.15, 0.2) is 5.65 Å². The largest absolute Gasteiger partial charge is 0.494 e. The van der Waals surface area contributed by atoms with Crippen LogP contribution in [0, 0.1) is 6.92 Å². The number of nitrogens with two attached hydrogens (primary N) is 1. The van der Waals surface area contributed by atoms with Gasteiger partial charge >= 0.3 is 0 Å². The molecule has 0 radical (unpaired) electrons. The van der Waals surface area contributed by atoms with Crippen LogP contribution in [0.3, 0.4) is 0 Å². The van der Waals surface area contributed by atoms with E-state index in [2.05, 4.69) is 28.2 Å². The molecule has 1 saturated heterocycles. The van der Waals surface area contributed by atoms with Gasteiger partial charge in [0.25, 0.3) is 0 Å². The lowest BCUT2D eigenvalue weighted by atomic mass is 9.94. The lowest BCUT2D eigenvalue weighted by Gasteiger charge is -2.33. The smallest absolute Gasteiger partial charge is 0.157 e. The number of fused-ring (bicyclic) bond motifs is 1. The third-order valence-electron chi connectivity index (χ3n) is 5.19. The van der Waals surface area contributed by atoms with Crippen molar-refractivity contribution < 1.29 is 4.74 Å². The highest BCUT2D eigenvalue weighted by molar-refractivity contribution is 5.48. The van der Waals surface area contributed by atoms with Crippen LogP contribution in [-0.2, 0) is 6.54 Å². The second-order valence-corrected chi connectivity index (χ2v) is 7.28. The Morgan fingerprint density at radius 3 is 2.96 bits per heavy atom. The number of benzene rings is 1. The van der Waals surface area contributed by atoms with Gasteiger partial charge in [0.05, 0.1) is 18.0 Å². The zero-order valence-electron chi connectivity index (χ0n) is 16.1. The van der Waals surface area contributed by atoms with Crippen LogP contribution in [0.5, 0.6) is 5.75 Å². The summed E-state index contributed by atoms with van der Waals surface area (Å²) in [6, 6.07) is 12.3. The van der Waals surface area contributed by atoms with E-state index in [9.17, 15) is 0 Å². The van der Waals surface area contributed by atoms with Crippen LogP contribution in [0.25, 0.3) is 5.65 Å². The SMILES string of the molecule is CCOc1ccccc1CN1CCC[C@H](c2cc(N)n3nc(C)cc3n2)C1. The van der Waals surface area contributed by atoms with Gasteiger partial charge in [0.2, 0.25) is 0 Å². The van der Waals surface area contributed by atoms with E-state index in [0.717, 1.165) is 55.3 Å². The molecule has 27 heavy (non-hydrogen) atoms. The van der Waals surface area contributed by atoms with Gasteiger partial charge in [0, 0.05) is 36.7 Å². The van der Waals surface area contributed by atoms with Crippen molar-refractivity contribution in [1.29, 1.82) is 0 Å². The normalized spacial score (nSPS) is 18.1. The summed E-state index contributed by atoms with van der Waals surface area (Å²) < 4.78 is 7.51. The first-order valence-corrected chi connectivity index (χ1v) is 9.70. The fourth-order valence-electron chi connectivity index (χ4n) is 3.95. The number of para-hydroxylation sites is 1. The molecule has 6 heteroatoms. The van der Waals surface area contributed by atoms with E-state index in [0.29, 0.717) is 18.3 Å². The minimum Gasteiger partial charge on any atom is -0.494 e. The minimum absolute atomic E-state index is 0.389. The Hall–Kier alpha value is -2.60. The van der Waals surface area contributed by atoms with Crippen LogP contribution < -0.4 is 10.5 Å². The predicted molar refractivity (Wildman–Crippen MR) is 107 cm³/mol. The Morgan fingerprint density at radius 1 is 1.26 bits per heavy atom. The molecule has 142 valence electrons. The molecule has 0 saturated carbocycles. The Labute approximate surface area is 160 Å². The first-order chi connectivity index (χ1) is 13.1. The molecule has 1 aliphatic heterocycles. The topological polar surface area (TPSA) is 68.7 Å². The molecule has 6 nitrogen and oxygen atoms in total. The van der Waals surface area contributed by atoms with Crippen molar-refractivity contribution in [3.8, 4) is 5.75 Å². The predicted octanol–water partition coefficient (Wildman–Crippen LogP) is 3.40. The monoisotopic (exact) mass is 365 g/mol. The summed E-state index contributed by atoms with van der Waals surface area (Å²) in [6.07, 6.45) is 2.30. The van der Waals surface area contributed by atoms with Gasteiger partial charge in [-0.2, -0.15) is 9.61 Å². The summed E-state index contributed by atoms with van der Waals surface area (Å²) >= 11 is 0. The third kappa shape index (κ3) is 3.76. The molecule has 0 amide bonds. The molecule has 0 spiro atoms. The summed E-state index contributed by atoms with van der Waals surface area (Å²) in [7, 11) is 0. The highest BCUT2D eigenvalue weighted by Gasteiger charge is 2.24. The summed E-state index contributed by atoms with van der Waals surface area (Å²) in [4.78, 5) is 7.33. The number of piperidine rings is 1. The number of aryl methyl sites for hydroxylation is 1. The number of nitrogen functional groups attached to an aromatic ring is 1. The first kappa shape index (κ1) is 17.8. The van der Waals surface area contributed by atoms with Crippen molar-refractivity contribution in [3.05, 3.63) is 53.3 Å². The Balaban J connectivity index is 1.53. The molecule has 3 aromatic rings. The zero-order chi connectivity index (χ0) is 18.8. The van der Waals surface area contributed by atoms with Crippen molar-refractivity contribution in [3.63, 3.8) is 0 Å². The molecular weight excluding hydrogens is 338 g/mol. The van der Waals surface area contributed by atoms with E-state index in [1.807, 2.05) is 32.0 Å². The van der Waals surface area contributed by atoms with E-state index in [4.69, 9.17) is 15.5 Å². The molecular formula is C21H27N5O. The van der Waals surface area contributed by atoms with Crippen LogP contribution in [0.2, 0.25) is 0 Å². The van der Waals surface area contributed by atoms with E-state index < -0.39 is 0 Å². The summed E-state index contributed by atoms with van der Waals surface area (Å²) in [5, 5.41) is 4.40. The van der Waals surface area contributed by atoms with Gasteiger partial charge in [-0.15, -0.1) is 0 Å². The van der Waals surface area contributed by atoms with Crippen LogP contribution in [0.1, 0.15) is 42.6 Å². The average Bonchev–Trinajstić information content (AvgIpc) is 3.05. The van der Waals surface area contributed by atoms with Gasteiger partial charge in [0.1, 0.15) is 11.6 Å². The number of likely N-dealkylation sites (tertiary alicyclic amines) is 1. The molecule has 1 aliphatic rings. The molecule has 0 unspecified atom stereocenters. The fraction of sp³-hybridized carbons (Fsp3) is 0.429. The van der Waals surface area contributed by atoms with Crippen molar-refractivity contribution in [1.82, 2.24) is 19.5 Å². The van der Waals surface area contributed by atoms with Crippen LogP contribution in [-0.4, -0.2) is 39.2 Å². The number of hydrogen-bond donors (Lipinski definition) is 1. The lowest BCUT2D eigenvalue weighted by Crippen LogP contribution is -2.34. The molecule has 1 aromatic carbocycles. The highest BCUT2D eigenvalue weighted by atomic mass is 16.5. The lowest BCUT2D eigenvalue weighted by molar-refractivity contribution is 0.195. The number of anilines is 1. The maximum atomic E-state index is 6.22. The van der Waals surface area contributed by atoms with Gasteiger partial charge in [-0.25, -0.2) is 4.98 Å². The molecule has 2 aromatic heterocycles. The van der Waals surface area contributed by atoms with E-state index in [-0.39, 0.29) is 0 Å². The van der Waals surface area contributed by atoms with Crippen LogP contribution in [0.4, 0.5) is 5.82 Å². The zero-order valence-corrected chi connectivity index (χ0v) is 16.1. The standard InChI is InChI=1S/C21H27N5O/c1-3-27-19-9-5-4-7-17(19)14-25-10-6-8-16(13-25)18-12-20(22)26-21(23-18)11-15(2)24-26/h4-5,7,9,11-12,16H,3,6,8,10,13-14,22H2,1-2H3/t16-/m0/s1. The van der Waals surface area contributed by atoms with Gasteiger partial charge in [-0.05, 0) is 39.3 Å². The molecule has 0 bridgehead atoms. The second-order valence-electron chi connectivity index (χ2n) is 7.28. The molecule has 1 fully saturated rings. The maximum Gasteiger partial charge on any atom is 0.157 e. The number of aromatic nitrogens is 3. The fourth-order valence-corrected chi connectivity index (χ4v) is 3.95. The highest BCUT2D eigenvalue weighted by Crippen LogP contribution is 2.29. The molecule has 0 aliphatic carbocycles. The molecule has 3 heterocycles. The number of nitrogens with zero attached hydrogens (tertiary/aromatic N) is 4. The Morgan fingerprint density at radius 2 is 2.11 bits per heavy atom. The van der Waals surface area contributed by atoms with E-state index >= 15 is 0 Å². The van der Waals surface area contributed by atoms with Crippen LogP contribution >= 0.6 is 0 Å². The van der Waals surface area contributed by atoms with E-state index in [1.54, 1.807) is 4.52 Å². The van der Waals surface area contributed by atoms with Crippen molar-refractivity contribution in [2.24, 2.45) is 0 Å². The van der Waals surface area contributed by atoms with Gasteiger partial charge in [-0.1, -0.05) is 18.2 Å². The Kier molecular flexibility index (Phi) is 4.99. The summed E-state index contributed by atoms with van der Waals surface area (Å²) in [5.74, 6) is 2.03. The second kappa shape index (κ2) is 7.56. The van der Waals surface area contributed by atoms with Crippen LogP contribution in [0.15, 0.2) is 36.4 Å². The number of ether oxygens (including phenoxy) is 1. The maximum absolute atomic E-state index is 6.22. The Bertz CT molecular complexity index is 935. The van der Waals surface area contributed by atoms with Gasteiger partial charge < -0.3 is 10.5 Å². The summed E-state index contributed by atoms with van der Waals surface area (Å²) in [6.45, 7) is 7.66. The van der Waals surface area contributed by atoms with Crippen molar-refractivity contribution in [2.45, 2.75) is 39.2 Å². The number of hydrogen-bond acceptors (Lipinski definition) is 5. The molecule has 4 rings (SSSR count). The van der Waals surface area contributed by atoms with E-state index in [1.165, 1.54) is 5.56 Å². The quantitative estimate of drug-likeness (QED) is 0.750. The molecule has 1 atom stereocenters.